The number of urea groups is 1. The molecule has 0 heterocycles. The summed E-state index contributed by atoms with van der Waals surface area (Å²) in [4.78, 5) is 34.4. The molecular weight excluding hydrogens is 272 g/mol. The number of carboxylic acid groups (broad SMARTS) is 1. The zero-order valence-corrected chi connectivity index (χ0v) is 12.7. The fourth-order valence-electron chi connectivity index (χ4n) is 2.35. The Labute approximate surface area is 125 Å². The number of rotatable bonds is 3. The van der Waals surface area contributed by atoms with Crippen molar-refractivity contribution >= 4 is 17.9 Å². The molecule has 0 bridgehead atoms. The average molecular weight is 296 g/mol. The molecule has 0 aromatic heterocycles. The van der Waals surface area contributed by atoms with Crippen molar-refractivity contribution in [3.05, 3.63) is 11.1 Å². The molecule has 21 heavy (non-hydrogen) atoms. The topological polar surface area (TPSA) is 95.5 Å². The first-order chi connectivity index (χ1) is 9.91. The van der Waals surface area contributed by atoms with Crippen LogP contribution in [0, 0.1) is 0 Å². The van der Waals surface area contributed by atoms with Crippen molar-refractivity contribution in [1.82, 2.24) is 10.6 Å². The smallest absolute Gasteiger partial charge is 0.331 e. The molecule has 0 radical (unpaired) electrons. The molecule has 118 valence electrons. The van der Waals surface area contributed by atoms with Crippen molar-refractivity contribution in [2.75, 3.05) is 0 Å². The SMILES string of the molecule is CC(C(=O)O)=C(C)C(=O)NC(=O)NC1CCCCCCC1. The van der Waals surface area contributed by atoms with E-state index in [1.54, 1.807) is 0 Å². The van der Waals surface area contributed by atoms with Crippen molar-refractivity contribution in [3.8, 4) is 0 Å². The Balaban J connectivity index is 2.50. The number of hydrogen-bond acceptors (Lipinski definition) is 3. The highest BCUT2D eigenvalue weighted by atomic mass is 16.4. The third kappa shape index (κ3) is 5.97. The van der Waals surface area contributed by atoms with E-state index in [9.17, 15) is 14.4 Å². The van der Waals surface area contributed by atoms with Crippen LogP contribution in [0.3, 0.4) is 0 Å². The predicted molar refractivity (Wildman–Crippen MR) is 78.8 cm³/mol. The molecule has 1 aliphatic rings. The molecule has 3 amide bonds. The van der Waals surface area contributed by atoms with Crippen LogP contribution in [-0.4, -0.2) is 29.1 Å². The lowest BCUT2D eigenvalue weighted by molar-refractivity contribution is -0.133. The standard InChI is InChI=1S/C15H24N2O4/c1-10(11(2)14(19)20)13(18)17-15(21)16-12-8-6-4-3-5-7-9-12/h12H,3-9H2,1-2H3,(H,19,20)(H2,16,17,18,21). The van der Waals surface area contributed by atoms with Gasteiger partial charge >= 0.3 is 12.0 Å². The normalized spacial score (nSPS) is 18.0. The van der Waals surface area contributed by atoms with Gasteiger partial charge in [0.15, 0.2) is 0 Å². The number of amides is 3. The largest absolute Gasteiger partial charge is 0.478 e. The molecule has 0 saturated heterocycles. The molecule has 0 aromatic rings. The second kappa shape index (κ2) is 8.44. The Kier molecular flexibility index (Phi) is 6.91. The van der Waals surface area contributed by atoms with Crippen LogP contribution in [-0.2, 0) is 9.59 Å². The van der Waals surface area contributed by atoms with E-state index >= 15 is 0 Å². The van der Waals surface area contributed by atoms with Crippen molar-refractivity contribution < 1.29 is 19.5 Å². The van der Waals surface area contributed by atoms with E-state index in [4.69, 9.17) is 5.11 Å². The van der Waals surface area contributed by atoms with Crippen molar-refractivity contribution in [2.45, 2.75) is 64.8 Å². The Bertz CT molecular complexity index is 435. The number of carbonyl (C=O) groups excluding carboxylic acids is 2. The van der Waals surface area contributed by atoms with Gasteiger partial charge in [-0.25, -0.2) is 9.59 Å². The molecule has 0 unspecified atom stereocenters. The molecule has 0 aliphatic heterocycles. The maximum absolute atomic E-state index is 11.8. The van der Waals surface area contributed by atoms with Gasteiger partial charge < -0.3 is 10.4 Å². The second-order valence-electron chi connectivity index (χ2n) is 5.52. The number of carboxylic acids is 1. The number of imide groups is 1. The van der Waals surface area contributed by atoms with Crippen molar-refractivity contribution in [3.63, 3.8) is 0 Å². The van der Waals surface area contributed by atoms with Crippen LogP contribution in [0.15, 0.2) is 11.1 Å². The Morgan fingerprint density at radius 2 is 1.43 bits per heavy atom. The van der Waals surface area contributed by atoms with Crippen LogP contribution in [0.2, 0.25) is 0 Å². The highest BCUT2D eigenvalue weighted by Gasteiger charge is 2.18. The van der Waals surface area contributed by atoms with Gasteiger partial charge in [-0.05, 0) is 26.7 Å². The van der Waals surface area contributed by atoms with Crippen LogP contribution in [0.5, 0.6) is 0 Å². The maximum Gasteiger partial charge on any atom is 0.331 e. The van der Waals surface area contributed by atoms with Gasteiger partial charge in [0.2, 0.25) is 0 Å². The molecule has 3 N–H and O–H groups in total. The predicted octanol–water partition coefficient (Wildman–Crippen LogP) is 2.35. The van der Waals surface area contributed by atoms with E-state index in [1.807, 2.05) is 0 Å². The molecule has 6 nitrogen and oxygen atoms in total. The lowest BCUT2D eigenvalue weighted by Gasteiger charge is -2.21. The molecule has 1 rings (SSSR count). The number of aliphatic carboxylic acids is 1. The van der Waals surface area contributed by atoms with Gasteiger partial charge in [-0.15, -0.1) is 0 Å². The number of hydrogen-bond donors (Lipinski definition) is 3. The average Bonchev–Trinajstić information content (AvgIpc) is 2.39. The fraction of sp³-hybridized carbons (Fsp3) is 0.667. The van der Waals surface area contributed by atoms with Crippen molar-refractivity contribution in [2.24, 2.45) is 0 Å². The molecule has 6 heteroatoms. The van der Waals surface area contributed by atoms with Gasteiger partial charge in [0.05, 0.1) is 0 Å². The highest BCUT2D eigenvalue weighted by Crippen LogP contribution is 2.16. The van der Waals surface area contributed by atoms with Gasteiger partial charge in [-0.2, -0.15) is 0 Å². The minimum Gasteiger partial charge on any atom is -0.478 e. The lowest BCUT2D eigenvalue weighted by atomic mass is 9.97. The second-order valence-corrected chi connectivity index (χ2v) is 5.52. The van der Waals surface area contributed by atoms with E-state index in [2.05, 4.69) is 10.6 Å². The fourth-order valence-corrected chi connectivity index (χ4v) is 2.35. The molecular formula is C15H24N2O4. The minimum atomic E-state index is -1.16. The third-order valence-electron chi connectivity index (χ3n) is 3.89. The summed E-state index contributed by atoms with van der Waals surface area (Å²) in [5.74, 6) is -1.83. The minimum absolute atomic E-state index is 0.0373. The summed E-state index contributed by atoms with van der Waals surface area (Å²) < 4.78 is 0. The Morgan fingerprint density at radius 3 is 1.95 bits per heavy atom. The van der Waals surface area contributed by atoms with Crippen LogP contribution >= 0.6 is 0 Å². The summed E-state index contributed by atoms with van der Waals surface area (Å²) in [7, 11) is 0. The van der Waals surface area contributed by atoms with E-state index in [0.29, 0.717) is 0 Å². The first-order valence-corrected chi connectivity index (χ1v) is 7.44. The van der Waals surface area contributed by atoms with Gasteiger partial charge in [0, 0.05) is 17.2 Å². The molecule has 0 aromatic carbocycles. The summed E-state index contributed by atoms with van der Waals surface area (Å²) >= 11 is 0. The zero-order chi connectivity index (χ0) is 15.8. The maximum atomic E-state index is 11.8. The summed E-state index contributed by atoms with van der Waals surface area (Å²) in [6.45, 7) is 2.73. The molecule has 0 atom stereocenters. The van der Waals surface area contributed by atoms with E-state index in [-0.39, 0.29) is 17.2 Å². The third-order valence-corrected chi connectivity index (χ3v) is 3.89. The molecule has 1 aliphatic carbocycles. The summed E-state index contributed by atoms with van der Waals surface area (Å²) in [5, 5.41) is 13.8. The monoisotopic (exact) mass is 296 g/mol. The van der Waals surface area contributed by atoms with Gasteiger partial charge in [-0.3, -0.25) is 10.1 Å². The van der Waals surface area contributed by atoms with E-state index in [1.165, 1.54) is 33.1 Å². The summed E-state index contributed by atoms with van der Waals surface area (Å²) in [6, 6.07) is -0.467. The van der Waals surface area contributed by atoms with Crippen molar-refractivity contribution in [1.29, 1.82) is 0 Å². The molecule has 0 spiro atoms. The van der Waals surface area contributed by atoms with E-state index in [0.717, 1.165) is 25.7 Å². The quantitative estimate of drug-likeness (QED) is 0.697. The molecule has 1 saturated carbocycles. The van der Waals surface area contributed by atoms with Gasteiger partial charge in [0.1, 0.15) is 0 Å². The zero-order valence-electron chi connectivity index (χ0n) is 12.7. The van der Waals surface area contributed by atoms with Gasteiger partial charge in [0.25, 0.3) is 5.91 Å². The summed E-state index contributed by atoms with van der Waals surface area (Å²) in [6.07, 6.45) is 7.60. The Morgan fingerprint density at radius 1 is 0.905 bits per heavy atom. The van der Waals surface area contributed by atoms with Crippen LogP contribution < -0.4 is 10.6 Å². The number of carbonyl (C=O) groups is 3. The number of nitrogens with one attached hydrogen (secondary N) is 2. The first kappa shape index (κ1) is 17.2. The van der Waals surface area contributed by atoms with Crippen LogP contribution in [0.25, 0.3) is 0 Å². The first-order valence-electron chi connectivity index (χ1n) is 7.44. The Hall–Kier alpha value is -1.85. The lowest BCUT2D eigenvalue weighted by Crippen LogP contribution is -2.45. The van der Waals surface area contributed by atoms with Crippen LogP contribution in [0.1, 0.15) is 58.8 Å². The molecule has 1 fully saturated rings. The van der Waals surface area contributed by atoms with E-state index < -0.39 is 17.9 Å². The van der Waals surface area contributed by atoms with Gasteiger partial charge in [-0.1, -0.05) is 32.1 Å². The summed E-state index contributed by atoms with van der Waals surface area (Å²) in [5.41, 5.74) is -0.0263. The highest BCUT2D eigenvalue weighted by molar-refractivity contribution is 6.07. The van der Waals surface area contributed by atoms with Crippen LogP contribution in [0.4, 0.5) is 4.79 Å².